The first kappa shape index (κ1) is 14.4. The lowest BCUT2D eigenvalue weighted by molar-refractivity contribution is 0.374. The normalized spacial score (nSPS) is 18.6. The van der Waals surface area contributed by atoms with Gasteiger partial charge in [-0.05, 0) is 37.8 Å². The fourth-order valence-corrected chi connectivity index (χ4v) is 4.41. The number of fused-ring (bicyclic) bond motifs is 1. The highest BCUT2D eigenvalue weighted by Gasteiger charge is 2.43. The van der Waals surface area contributed by atoms with Crippen molar-refractivity contribution in [3.8, 4) is 0 Å². The number of aromatic nitrogens is 1. The van der Waals surface area contributed by atoms with Gasteiger partial charge in [0.2, 0.25) is 10.0 Å². The molecule has 0 amide bonds. The third-order valence-corrected chi connectivity index (χ3v) is 5.87. The van der Waals surface area contributed by atoms with E-state index in [0.717, 1.165) is 18.2 Å². The van der Waals surface area contributed by atoms with Crippen molar-refractivity contribution in [1.29, 1.82) is 0 Å². The molecule has 1 aliphatic rings. The molecule has 1 unspecified atom stereocenters. The molecule has 1 fully saturated rings. The molecule has 1 atom stereocenters. The molecule has 1 aromatic carbocycles. The van der Waals surface area contributed by atoms with Crippen LogP contribution in [0.4, 0.5) is 0 Å². The van der Waals surface area contributed by atoms with Gasteiger partial charge in [-0.2, -0.15) is 0 Å². The van der Waals surface area contributed by atoms with Crippen molar-refractivity contribution < 1.29 is 8.42 Å². The summed E-state index contributed by atoms with van der Waals surface area (Å²) in [6.07, 6.45) is 5.31. The van der Waals surface area contributed by atoms with Crippen molar-refractivity contribution in [2.24, 2.45) is 11.7 Å². The van der Waals surface area contributed by atoms with Crippen molar-refractivity contribution in [2.45, 2.75) is 30.2 Å². The summed E-state index contributed by atoms with van der Waals surface area (Å²) in [6, 6.07) is 6.93. The Balaban J connectivity index is 2.04. The van der Waals surface area contributed by atoms with Crippen LogP contribution in [0.25, 0.3) is 10.8 Å². The lowest BCUT2D eigenvalue weighted by Crippen LogP contribution is -2.52. The molecule has 3 rings (SSSR count). The molecule has 0 saturated heterocycles. The summed E-state index contributed by atoms with van der Waals surface area (Å²) in [6.45, 7) is 2.18. The summed E-state index contributed by atoms with van der Waals surface area (Å²) in [5.41, 5.74) is 5.23. The lowest BCUT2D eigenvalue weighted by Gasteiger charge is -2.29. The van der Waals surface area contributed by atoms with E-state index in [9.17, 15) is 8.42 Å². The first-order chi connectivity index (χ1) is 9.96. The van der Waals surface area contributed by atoms with E-state index in [1.165, 1.54) is 0 Å². The predicted molar refractivity (Wildman–Crippen MR) is 82.2 cm³/mol. The Morgan fingerprint density at radius 2 is 2.14 bits per heavy atom. The maximum Gasteiger partial charge on any atom is 0.241 e. The summed E-state index contributed by atoms with van der Waals surface area (Å²) in [5.74, 6) is 0.328. The lowest BCUT2D eigenvalue weighted by atomic mass is 9.98. The van der Waals surface area contributed by atoms with Gasteiger partial charge >= 0.3 is 0 Å². The Morgan fingerprint density at radius 3 is 2.81 bits per heavy atom. The third-order valence-electron chi connectivity index (χ3n) is 4.20. The quantitative estimate of drug-likeness (QED) is 0.879. The Bertz CT molecular complexity index is 766. The van der Waals surface area contributed by atoms with Crippen molar-refractivity contribution in [2.75, 3.05) is 6.54 Å². The van der Waals surface area contributed by atoms with E-state index in [1.807, 2.05) is 13.0 Å². The highest BCUT2D eigenvalue weighted by molar-refractivity contribution is 7.89. The molecule has 3 N–H and O–H groups in total. The van der Waals surface area contributed by atoms with Crippen LogP contribution < -0.4 is 10.5 Å². The third kappa shape index (κ3) is 2.66. The van der Waals surface area contributed by atoms with Crippen LogP contribution in [0.15, 0.2) is 41.6 Å². The molecule has 21 heavy (non-hydrogen) atoms. The van der Waals surface area contributed by atoms with Gasteiger partial charge in [-0.3, -0.25) is 4.98 Å². The number of pyridine rings is 1. The van der Waals surface area contributed by atoms with Crippen molar-refractivity contribution >= 4 is 20.8 Å². The average Bonchev–Trinajstić information content (AvgIpc) is 3.31. The van der Waals surface area contributed by atoms with Crippen LogP contribution in [0.3, 0.4) is 0 Å². The molecule has 6 heteroatoms. The Morgan fingerprint density at radius 1 is 1.38 bits per heavy atom. The van der Waals surface area contributed by atoms with Gasteiger partial charge in [0, 0.05) is 35.2 Å². The summed E-state index contributed by atoms with van der Waals surface area (Å²) < 4.78 is 28.3. The number of hydrogen-bond donors (Lipinski definition) is 2. The van der Waals surface area contributed by atoms with Gasteiger partial charge in [0.05, 0.1) is 4.90 Å². The molecule has 0 bridgehead atoms. The van der Waals surface area contributed by atoms with E-state index in [1.54, 1.807) is 30.6 Å². The highest BCUT2D eigenvalue weighted by atomic mass is 32.2. The fourth-order valence-electron chi connectivity index (χ4n) is 2.70. The fraction of sp³-hybridized carbons (Fsp3) is 0.400. The first-order valence-corrected chi connectivity index (χ1v) is 8.51. The summed E-state index contributed by atoms with van der Waals surface area (Å²) >= 11 is 0. The van der Waals surface area contributed by atoms with Crippen LogP contribution in [0.2, 0.25) is 0 Å². The topological polar surface area (TPSA) is 85.1 Å². The molecule has 0 radical (unpaired) electrons. The number of rotatable bonds is 5. The molecular formula is C15H19N3O2S. The molecule has 1 heterocycles. The van der Waals surface area contributed by atoms with Gasteiger partial charge in [0.1, 0.15) is 0 Å². The summed E-state index contributed by atoms with van der Waals surface area (Å²) in [5, 5.41) is 1.48. The van der Waals surface area contributed by atoms with Crippen LogP contribution in [0.1, 0.15) is 19.8 Å². The minimum absolute atomic E-state index is 0.280. The first-order valence-electron chi connectivity index (χ1n) is 7.03. The van der Waals surface area contributed by atoms with E-state index >= 15 is 0 Å². The van der Waals surface area contributed by atoms with Crippen LogP contribution in [0.5, 0.6) is 0 Å². The minimum Gasteiger partial charge on any atom is -0.329 e. The molecule has 1 saturated carbocycles. The Kier molecular flexibility index (Phi) is 3.47. The molecule has 0 spiro atoms. The zero-order chi connectivity index (χ0) is 15.1. The zero-order valence-electron chi connectivity index (χ0n) is 11.9. The van der Waals surface area contributed by atoms with Gasteiger partial charge in [-0.1, -0.05) is 12.1 Å². The smallest absolute Gasteiger partial charge is 0.241 e. The number of benzene rings is 1. The molecule has 1 aliphatic carbocycles. The number of nitrogens with one attached hydrogen (secondary N) is 1. The van der Waals surface area contributed by atoms with Crippen LogP contribution >= 0.6 is 0 Å². The largest absolute Gasteiger partial charge is 0.329 e. The molecule has 2 aromatic rings. The molecule has 1 aromatic heterocycles. The monoisotopic (exact) mass is 305 g/mol. The molecule has 112 valence electrons. The number of nitrogens with two attached hydrogens (primary N) is 1. The van der Waals surface area contributed by atoms with Crippen LogP contribution in [0, 0.1) is 5.92 Å². The Hall–Kier alpha value is -1.50. The molecule has 0 aliphatic heterocycles. The van der Waals surface area contributed by atoms with Gasteiger partial charge in [-0.15, -0.1) is 0 Å². The number of sulfonamides is 1. The van der Waals surface area contributed by atoms with E-state index < -0.39 is 15.6 Å². The van der Waals surface area contributed by atoms with Gasteiger partial charge < -0.3 is 5.73 Å². The standard InChI is InChI=1S/C15H19N3O2S/c1-15(10-16,12-5-6-12)18-21(19,20)14-4-2-3-11-9-17-8-7-13(11)14/h2-4,7-9,12,18H,5-6,10,16H2,1H3. The van der Waals surface area contributed by atoms with E-state index in [2.05, 4.69) is 9.71 Å². The second-order valence-corrected chi connectivity index (χ2v) is 7.51. The summed E-state index contributed by atoms with van der Waals surface area (Å²) in [7, 11) is -3.62. The van der Waals surface area contributed by atoms with Crippen molar-refractivity contribution in [1.82, 2.24) is 9.71 Å². The maximum atomic E-state index is 12.8. The maximum absolute atomic E-state index is 12.8. The van der Waals surface area contributed by atoms with E-state index in [-0.39, 0.29) is 4.90 Å². The SMILES string of the molecule is CC(CN)(NS(=O)(=O)c1cccc2cnccc12)C1CC1. The highest BCUT2D eigenvalue weighted by Crippen LogP contribution is 2.40. The molecule has 5 nitrogen and oxygen atoms in total. The zero-order valence-corrected chi connectivity index (χ0v) is 12.7. The van der Waals surface area contributed by atoms with Gasteiger partial charge in [-0.25, -0.2) is 13.1 Å². The Labute approximate surface area is 124 Å². The van der Waals surface area contributed by atoms with E-state index in [4.69, 9.17) is 5.73 Å². The number of hydrogen-bond acceptors (Lipinski definition) is 4. The van der Waals surface area contributed by atoms with Crippen LogP contribution in [-0.2, 0) is 10.0 Å². The second-order valence-electron chi connectivity index (χ2n) is 5.85. The number of nitrogens with zero attached hydrogens (tertiary/aromatic N) is 1. The van der Waals surface area contributed by atoms with Gasteiger partial charge in [0.15, 0.2) is 0 Å². The van der Waals surface area contributed by atoms with Gasteiger partial charge in [0.25, 0.3) is 0 Å². The predicted octanol–water partition coefficient (Wildman–Crippen LogP) is 1.64. The summed E-state index contributed by atoms with van der Waals surface area (Å²) in [4.78, 5) is 4.31. The average molecular weight is 305 g/mol. The van der Waals surface area contributed by atoms with Crippen molar-refractivity contribution in [3.05, 3.63) is 36.7 Å². The van der Waals surface area contributed by atoms with Crippen LogP contribution in [-0.4, -0.2) is 25.5 Å². The molecular weight excluding hydrogens is 286 g/mol. The van der Waals surface area contributed by atoms with E-state index in [0.29, 0.717) is 17.8 Å². The van der Waals surface area contributed by atoms with Crippen molar-refractivity contribution in [3.63, 3.8) is 0 Å². The minimum atomic E-state index is -3.62. The second kappa shape index (κ2) is 5.05.